The molecule has 0 saturated carbocycles. The smallest absolute Gasteiger partial charge is 0.389 e. The molecule has 3 nitrogen and oxygen atoms in total. The molecular formula is C12H13F3O3S2. The summed E-state index contributed by atoms with van der Waals surface area (Å²) in [6, 6.07) is 5.24. The summed E-state index contributed by atoms with van der Waals surface area (Å²) in [6.45, 7) is 1.32. The number of hydrogen-bond acceptors (Lipinski definition) is 5. The fourth-order valence-corrected chi connectivity index (χ4v) is 2.61. The molecule has 1 aromatic rings. The van der Waals surface area contributed by atoms with Gasteiger partial charge in [0.1, 0.15) is 6.10 Å². The third-order valence-electron chi connectivity index (χ3n) is 2.26. The van der Waals surface area contributed by atoms with Gasteiger partial charge in [-0.1, -0.05) is 23.9 Å². The maximum absolute atomic E-state index is 12.3. The van der Waals surface area contributed by atoms with Crippen molar-refractivity contribution in [2.24, 2.45) is 0 Å². The fraction of sp³-hybridized carbons (Fsp3) is 0.417. The van der Waals surface area contributed by atoms with Gasteiger partial charge in [0.2, 0.25) is 0 Å². The number of alkyl halides is 3. The molecule has 20 heavy (non-hydrogen) atoms. The zero-order chi connectivity index (χ0) is 15.3. The van der Waals surface area contributed by atoms with Gasteiger partial charge in [-0.05, 0) is 29.5 Å². The van der Waals surface area contributed by atoms with Crippen molar-refractivity contribution in [1.29, 1.82) is 0 Å². The van der Waals surface area contributed by atoms with Crippen molar-refractivity contribution in [2.75, 3.05) is 5.75 Å². The molecule has 0 aliphatic heterocycles. The standard InChI is InChI=1S/C12H13F3O3S2/c1-7(16)19-6-10(17)11(18)8-3-2-4-9(5-8)20-12(13,14)15/h2-5,10-11,17-18H,6H2,1H3. The van der Waals surface area contributed by atoms with Gasteiger partial charge in [0.05, 0.1) is 6.10 Å². The van der Waals surface area contributed by atoms with Gasteiger partial charge in [-0.25, -0.2) is 0 Å². The molecule has 0 radical (unpaired) electrons. The Hall–Kier alpha value is -0.700. The number of carbonyl (C=O) groups is 1. The van der Waals surface area contributed by atoms with E-state index in [4.69, 9.17) is 0 Å². The van der Waals surface area contributed by atoms with E-state index in [9.17, 15) is 28.2 Å². The first-order valence-electron chi connectivity index (χ1n) is 5.54. The lowest BCUT2D eigenvalue weighted by Crippen LogP contribution is -2.21. The Morgan fingerprint density at radius 3 is 2.55 bits per heavy atom. The molecule has 0 heterocycles. The van der Waals surface area contributed by atoms with Crippen LogP contribution in [0.15, 0.2) is 29.2 Å². The van der Waals surface area contributed by atoms with Crippen molar-refractivity contribution < 1.29 is 28.2 Å². The summed E-state index contributed by atoms with van der Waals surface area (Å²) in [5.41, 5.74) is -4.23. The molecule has 1 rings (SSSR count). The Kier molecular flexibility index (Phi) is 6.38. The Bertz CT molecular complexity index is 466. The van der Waals surface area contributed by atoms with Crippen LogP contribution in [0.2, 0.25) is 0 Å². The van der Waals surface area contributed by atoms with Crippen molar-refractivity contribution in [1.82, 2.24) is 0 Å². The average molecular weight is 326 g/mol. The minimum Gasteiger partial charge on any atom is -0.389 e. The molecular weight excluding hydrogens is 313 g/mol. The van der Waals surface area contributed by atoms with E-state index >= 15 is 0 Å². The number of aliphatic hydroxyl groups excluding tert-OH is 2. The molecule has 2 unspecified atom stereocenters. The quantitative estimate of drug-likeness (QED) is 0.815. The number of halogens is 3. The van der Waals surface area contributed by atoms with Crippen LogP contribution in [-0.2, 0) is 4.79 Å². The first-order chi connectivity index (χ1) is 9.19. The Labute approximate surface area is 122 Å². The van der Waals surface area contributed by atoms with E-state index < -0.39 is 17.7 Å². The Balaban J connectivity index is 2.75. The van der Waals surface area contributed by atoms with Crippen LogP contribution < -0.4 is 0 Å². The fourth-order valence-electron chi connectivity index (χ4n) is 1.41. The average Bonchev–Trinajstić information content (AvgIpc) is 2.33. The molecule has 0 amide bonds. The van der Waals surface area contributed by atoms with Crippen molar-refractivity contribution in [2.45, 2.75) is 29.5 Å². The van der Waals surface area contributed by atoms with Crippen molar-refractivity contribution in [3.05, 3.63) is 29.8 Å². The second kappa shape index (κ2) is 7.35. The van der Waals surface area contributed by atoms with Gasteiger partial charge in [-0.3, -0.25) is 4.79 Å². The van der Waals surface area contributed by atoms with Gasteiger partial charge in [0.15, 0.2) is 5.12 Å². The summed E-state index contributed by atoms with van der Waals surface area (Å²) in [6.07, 6.45) is -2.56. The third kappa shape index (κ3) is 6.17. The predicted octanol–water partition coefficient (Wildman–Crippen LogP) is 2.97. The molecule has 2 atom stereocenters. The monoisotopic (exact) mass is 326 g/mol. The minimum absolute atomic E-state index is 0.0207. The van der Waals surface area contributed by atoms with Crippen LogP contribution in [0.4, 0.5) is 13.2 Å². The van der Waals surface area contributed by atoms with E-state index in [-0.39, 0.29) is 33.1 Å². The van der Waals surface area contributed by atoms with E-state index in [2.05, 4.69) is 0 Å². The molecule has 0 aromatic heterocycles. The zero-order valence-corrected chi connectivity index (χ0v) is 12.1. The molecule has 112 valence electrons. The Morgan fingerprint density at radius 1 is 1.35 bits per heavy atom. The van der Waals surface area contributed by atoms with Crippen molar-refractivity contribution >= 4 is 28.6 Å². The number of benzene rings is 1. The molecule has 1 aromatic carbocycles. The number of rotatable bonds is 5. The van der Waals surface area contributed by atoms with Crippen LogP contribution >= 0.6 is 23.5 Å². The molecule has 0 bridgehead atoms. The summed E-state index contributed by atoms with van der Waals surface area (Å²) < 4.78 is 36.8. The summed E-state index contributed by atoms with van der Waals surface area (Å²) in [5.74, 6) is -0.0207. The lowest BCUT2D eigenvalue weighted by Gasteiger charge is -2.18. The molecule has 0 aliphatic carbocycles. The van der Waals surface area contributed by atoms with E-state index in [0.29, 0.717) is 0 Å². The maximum Gasteiger partial charge on any atom is 0.446 e. The largest absolute Gasteiger partial charge is 0.446 e. The third-order valence-corrected chi connectivity index (χ3v) is 3.89. The van der Waals surface area contributed by atoms with Crippen LogP contribution in [0.25, 0.3) is 0 Å². The second-order valence-electron chi connectivity index (χ2n) is 3.94. The SMILES string of the molecule is CC(=O)SCC(O)C(O)c1cccc(SC(F)(F)F)c1. The zero-order valence-electron chi connectivity index (χ0n) is 10.4. The van der Waals surface area contributed by atoms with Crippen LogP contribution in [0.3, 0.4) is 0 Å². The molecule has 8 heteroatoms. The first-order valence-corrected chi connectivity index (χ1v) is 7.34. The van der Waals surface area contributed by atoms with Gasteiger partial charge in [-0.2, -0.15) is 13.2 Å². The highest BCUT2D eigenvalue weighted by Crippen LogP contribution is 2.37. The summed E-state index contributed by atoms with van der Waals surface area (Å²) in [5, 5.41) is 19.3. The number of carbonyl (C=O) groups excluding carboxylic acids is 1. The normalized spacial score (nSPS) is 14.9. The van der Waals surface area contributed by atoms with Crippen molar-refractivity contribution in [3.63, 3.8) is 0 Å². The van der Waals surface area contributed by atoms with E-state index in [1.165, 1.54) is 31.2 Å². The molecule has 0 aliphatic rings. The van der Waals surface area contributed by atoms with Crippen LogP contribution in [0.5, 0.6) is 0 Å². The van der Waals surface area contributed by atoms with Gasteiger partial charge in [-0.15, -0.1) is 0 Å². The second-order valence-corrected chi connectivity index (χ2v) is 6.27. The lowest BCUT2D eigenvalue weighted by molar-refractivity contribution is -0.109. The van der Waals surface area contributed by atoms with Gasteiger partial charge in [0.25, 0.3) is 0 Å². The first kappa shape index (κ1) is 17.4. The molecule has 0 saturated heterocycles. The van der Waals surface area contributed by atoms with E-state index in [1.54, 1.807) is 0 Å². The maximum atomic E-state index is 12.3. The van der Waals surface area contributed by atoms with Gasteiger partial charge >= 0.3 is 5.51 Å². The highest BCUT2D eigenvalue weighted by Gasteiger charge is 2.29. The number of aliphatic hydroxyl groups is 2. The van der Waals surface area contributed by atoms with Crippen molar-refractivity contribution in [3.8, 4) is 0 Å². The molecule has 2 N–H and O–H groups in total. The van der Waals surface area contributed by atoms with Gasteiger partial charge < -0.3 is 10.2 Å². The highest BCUT2D eigenvalue weighted by atomic mass is 32.2. The topological polar surface area (TPSA) is 57.5 Å². The van der Waals surface area contributed by atoms with Crippen LogP contribution in [0.1, 0.15) is 18.6 Å². The van der Waals surface area contributed by atoms with Gasteiger partial charge in [0, 0.05) is 17.6 Å². The number of hydrogen-bond donors (Lipinski definition) is 2. The number of thioether (sulfide) groups is 2. The van der Waals surface area contributed by atoms with Crippen LogP contribution in [-0.4, -0.2) is 32.7 Å². The molecule has 0 spiro atoms. The summed E-state index contributed by atoms with van der Waals surface area (Å²) in [7, 11) is 0. The minimum atomic E-state index is -4.41. The van der Waals surface area contributed by atoms with E-state index in [0.717, 1.165) is 11.8 Å². The lowest BCUT2D eigenvalue weighted by atomic mass is 10.1. The predicted molar refractivity (Wildman–Crippen MR) is 72.5 cm³/mol. The summed E-state index contributed by atoms with van der Waals surface area (Å²) in [4.78, 5) is 10.7. The van der Waals surface area contributed by atoms with Crippen LogP contribution in [0, 0.1) is 0 Å². The highest BCUT2D eigenvalue weighted by molar-refractivity contribution is 8.13. The Morgan fingerprint density at radius 2 is 2.00 bits per heavy atom. The summed E-state index contributed by atoms with van der Waals surface area (Å²) >= 11 is 0.553. The molecule has 0 fully saturated rings. The van der Waals surface area contributed by atoms with E-state index in [1.807, 2.05) is 0 Å².